The molecule has 0 aliphatic rings. The minimum Gasteiger partial charge on any atom is -0.504 e. The van der Waals surface area contributed by atoms with Crippen LogP contribution in [0.2, 0.25) is 0 Å². The first-order chi connectivity index (χ1) is 9.06. The van der Waals surface area contributed by atoms with Crippen molar-refractivity contribution in [3.05, 3.63) is 42.2 Å². The maximum atomic E-state index is 13.4. The molecular weight excluding hydrogens is 247 g/mol. The molecule has 0 amide bonds. The number of hydrogen-bond donors (Lipinski definition) is 2. The third-order valence-corrected chi connectivity index (χ3v) is 3.06. The van der Waals surface area contributed by atoms with E-state index in [1.54, 1.807) is 23.9 Å². The monoisotopic (exact) mass is 258 g/mol. The molecule has 0 fully saturated rings. The number of benzene rings is 2. The van der Waals surface area contributed by atoms with Crippen LogP contribution >= 0.6 is 0 Å². The number of phenols is 2. The standard InChI is InChI=1S/C14H11FN2O2/c1-17-11-4-3-9(15)7-10(11)14(16-17)8-2-5-12(18)13(19)6-8/h2-7,18-19H,1H3. The van der Waals surface area contributed by atoms with Crippen LogP contribution in [-0.2, 0) is 7.05 Å². The van der Waals surface area contributed by atoms with Crippen molar-refractivity contribution in [2.75, 3.05) is 0 Å². The predicted octanol–water partition coefficient (Wildman–Crippen LogP) is 2.79. The van der Waals surface area contributed by atoms with Gasteiger partial charge in [0, 0.05) is 18.0 Å². The summed E-state index contributed by atoms with van der Waals surface area (Å²) >= 11 is 0. The lowest BCUT2D eigenvalue weighted by Gasteiger charge is -2.01. The van der Waals surface area contributed by atoms with Gasteiger partial charge in [0.25, 0.3) is 0 Å². The lowest BCUT2D eigenvalue weighted by Crippen LogP contribution is -1.89. The lowest BCUT2D eigenvalue weighted by molar-refractivity contribution is 0.404. The van der Waals surface area contributed by atoms with Crippen LogP contribution in [0.15, 0.2) is 36.4 Å². The Morgan fingerprint density at radius 2 is 1.84 bits per heavy atom. The first-order valence-corrected chi connectivity index (χ1v) is 5.71. The molecule has 0 atom stereocenters. The van der Waals surface area contributed by atoms with Crippen molar-refractivity contribution in [1.29, 1.82) is 0 Å². The zero-order valence-electron chi connectivity index (χ0n) is 10.1. The SMILES string of the molecule is Cn1nc(-c2ccc(O)c(O)c2)c2cc(F)ccc21. The molecule has 5 heteroatoms. The number of nitrogens with zero attached hydrogens (tertiary/aromatic N) is 2. The summed E-state index contributed by atoms with van der Waals surface area (Å²) < 4.78 is 15.0. The van der Waals surface area contributed by atoms with Crippen LogP contribution in [0.25, 0.3) is 22.2 Å². The highest BCUT2D eigenvalue weighted by Crippen LogP contribution is 2.33. The Bertz CT molecular complexity index is 780. The second-order valence-corrected chi connectivity index (χ2v) is 4.34. The van der Waals surface area contributed by atoms with Gasteiger partial charge in [-0.05, 0) is 36.4 Å². The Labute approximate surface area is 108 Å². The molecule has 0 spiro atoms. The number of rotatable bonds is 1. The van der Waals surface area contributed by atoms with Gasteiger partial charge in [-0.2, -0.15) is 5.10 Å². The molecule has 1 aromatic heterocycles. The zero-order valence-corrected chi connectivity index (χ0v) is 10.1. The minimum absolute atomic E-state index is 0.199. The summed E-state index contributed by atoms with van der Waals surface area (Å²) in [4.78, 5) is 0. The van der Waals surface area contributed by atoms with Crippen molar-refractivity contribution in [2.45, 2.75) is 0 Å². The first-order valence-electron chi connectivity index (χ1n) is 5.71. The smallest absolute Gasteiger partial charge is 0.158 e. The quantitative estimate of drug-likeness (QED) is 0.660. The van der Waals surface area contributed by atoms with Gasteiger partial charge < -0.3 is 10.2 Å². The van der Waals surface area contributed by atoms with Gasteiger partial charge in [0.1, 0.15) is 11.5 Å². The van der Waals surface area contributed by atoms with E-state index in [2.05, 4.69) is 5.10 Å². The second kappa shape index (κ2) is 3.98. The highest BCUT2D eigenvalue weighted by Gasteiger charge is 2.12. The zero-order chi connectivity index (χ0) is 13.6. The summed E-state index contributed by atoms with van der Waals surface area (Å²) in [5, 5.41) is 23.8. The minimum atomic E-state index is -0.343. The van der Waals surface area contributed by atoms with Crippen LogP contribution in [0.4, 0.5) is 4.39 Å². The second-order valence-electron chi connectivity index (χ2n) is 4.34. The van der Waals surface area contributed by atoms with Crippen molar-refractivity contribution >= 4 is 10.9 Å². The summed E-state index contributed by atoms with van der Waals surface area (Å²) in [6.45, 7) is 0. The van der Waals surface area contributed by atoms with Gasteiger partial charge in [-0.15, -0.1) is 0 Å². The summed E-state index contributed by atoms with van der Waals surface area (Å²) in [5.74, 6) is -0.771. The van der Waals surface area contributed by atoms with Gasteiger partial charge in [0.15, 0.2) is 11.5 Å². The van der Waals surface area contributed by atoms with Crippen LogP contribution in [0.3, 0.4) is 0 Å². The van der Waals surface area contributed by atoms with E-state index in [-0.39, 0.29) is 17.3 Å². The predicted molar refractivity (Wildman–Crippen MR) is 69.4 cm³/mol. The van der Waals surface area contributed by atoms with E-state index in [0.717, 1.165) is 5.52 Å². The summed E-state index contributed by atoms with van der Waals surface area (Å²) in [5.41, 5.74) is 1.97. The van der Waals surface area contributed by atoms with Crippen LogP contribution in [-0.4, -0.2) is 20.0 Å². The van der Waals surface area contributed by atoms with E-state index >= 15 is 0 Å². The molecule has 2 aromatic carbocycles. The number of hydrogen-bond acceptors (Lipinski definition) is 3. The maximum Gasteiger partial charge on any atom is 0.158 e. The Hall–Kier alpha value is -2.56. The number of halogens is 1. The first kappa shape index (κ1) is 11.5. The highest BCUT2D eigenvalue weighted by molar-refractivity contribution is 5.93. The van der Waals surface area contributed by atoms with Gasteiger partial charge in [-0.25, -0.2) is 4.39 Å². The van der Waals surface area contributed by atoms with Crippen molar-refractivity contribution in [3.63, 3.8) is 0 Å². The van der Waals surface area contributed by atoms with Crippen LogP contribution in [0, 0.1) is 5.82 Å². The topological polar surface area (TPSA) is 58.3 Å². The Morgan fingerprint density at radius 3 is 2.58 bits per heavy atom. The summed E-state index contributed by atoms with van der Waals surface area (Å²) in [7, 11) is 1.77. The average molecular weight is 258 g/mol. The van der Waals surface area contributed by atoms with Crippen molar-refractivity contribution in [2.24, 2.45) is 7.05 Å². The lowest BCUT2D eigenvalue weighted by atomic mass is 10.1. The number of aromatic nitrogens is 2. The van der Waals surface area contributed by atoms with E-state index in [9.17, 15) is 14.6 Å². The van der Waals surface area contributed by atoms with Crippen molar-refractivity contribution < 1.29 is 14.6 Å². The molecule has 0 unspecified atom stereocenters. The molecule has 3 rings (SSSR count). The third kappa shape index (κ3) is 1.79. The van der Waals surface area contributed by atoms with E-state index in [1.165, 1.54) is 24.3 Å². The molecule has 19 heavy (non-hydrogen) atoms. The summed E-state index contributed by atoms with van der Waals surface area (Å²) in [6, 6.07) is 8.85. The molecule has 4 nitrogen and oxygen atoms in total. The van der Waals surface area contributed by atoms with E-state index in [0.29, 0.717) is 16.6 Å². The van der Waals surface area contributed by atoms with E-state index in [4.69, 9.17) is 0 Å². The van der Waals surface area contributed by atoms with Crippen molar-refractivity contribution in [1.82, 2.24) is 9.78 Å². The molecule has 0 bridgehead atoms. The van der Waals surface area contributed by atoms with Gasteiger partial charge in [0.2, 0.25) is 0 Å². The number of aromatic hydroxyl groups is 2. The molecule has 0 saturated carbocycles. The molecule has 2 N–H and O–H groups in total. The van der Waals surface area contributed by atoms with E-state index < -0.39 is 0 Å². The number of phenolic OH excluding ortho intramolecular Hbond substituents is 2. The fourth-order valence-corrected chi connectivity index (χ4v) is 2.12. The molecule has 0 saturated heterocycles. The molecule has 96 valence electrons. The highest BCUT2D eigenvalue weighted by atomic mass is 19.1. The number of fused-ring (bicyclic) bond motifs is 1. The molecule has 0 radical (unpaired) electrons. The fraction of sp³-hybridized carbons (Fsp3) is 0.0714. The molecule has 1 heterocycles. The van der Waals surface area contributed by atoms with Gasteiger partial charge in [-0.1, -0.05) is 0 Å². The van der Waals surface area contributed by atoms with E-state index in [1.807, 2.05) is 0 Å². The largest absolute Gasteiger partial charge is 0.504 e. The van der Waals surface area contributed by atoms with Gasteiger partial charge in [0.05, 0.1) is 5.52 Å². The van der Waals surface area contributed by atoms with Crippen LogP contribution < -0.4 is 0 Å². The van der Waals surface area contributed by atoms with Gasteiger partial charge >= 0.3 is 0 Å². The Balaban J connectivity index is 2.29. The molecular formula is C14H11FN2O2. The summed E-state index contributed by atoms with van der Waals surface area (Å²) in [6.07, 6.45) is 0. The van der Waals surface area contributed by atoms with Crippen molar-refractivity contribution in [3.8, 4) is 22.8 Å². The van der Waals surface area contributed by atoms with Crippen LogP contribution in [0.5, 0.6) is 11.5 Å². The van der Waals surface area contributed by atoms with Gasteiger partial charge in [-0.3, -0.25) is 4.68 Å². The van der Waals surface area contributed by atoms with Crippen LogP contribution in [0.1, 0.15) is 0 Å². The Morgan fingerprint density at radius 1 is 1.05 bits per heavy atom. The third-order valence-electron chi connectivity index (χ3n) is 3.06. The number of aryl methyl sites for hydroxylation is 1. The average Bonchev–Trinajstić information content (AvgIpc) is 2.70. The maximum absolute atomic E-state index is 13.4. The fourth-order valence-electron chi connectivity index (χ4n) is 2.12. The molecule has 0 aliphatic carbocycles. The molecule has 3 aromatic rings. The normalized spacial score (nSPS) is 11.1. The molecule has 0 aliphatic heterocycles. The Kier molecular flexibility index (Phi) is 2.41.